The number of nitrogens with one attached hydrogen (secondary N) is 1. The van der Waals surface area contributed by atoms with Crippen LogP contribution >= 0.6 is 0 Å². The first kappa shape index (κ1) is 18.8. The summed E-state index contributed by atoms with van der Waals surface area (Å²) in [7, 11) is -3.26. The number of pyridine rings is 1. The minimum absolute atomic E-state index is 0.0159. The van der Waals surface area contributed by atoms with Gasteiger partial charge in [-0.3, -0.25) is 14.7 Å². The van der Waals surface area contributed by atoms with Crippen LogP contribution in [0.4, 0.5) is 4.79 Å². The van der Waals surface area contributed by atoms with Crippen molar-refractivity contribution < 1.29 is 22.7 Å². The Hall–Kier alpha value is -2.94. The first-order valence-electron chi connectivity index (χ1n) is 8.23. The van der Waals surface area contributed by atoms with Gasteiger partial charge in [-0.05, 0) is 29.3 Å². The van der Waals surface area contributed by atoms with Crippen LogP contribution in [0.2, 0.25) is 0 Å². The number of hydrogen-bond donors (Lipinski definition) is 1. The fourth-order valence-electron chi connectivity index (χ4n) is 2.69. The second-order valence-corrected chi connectivity index (χ2v) is 8.23. The predicted octanol–water partition coefficient (Wildman–Crippen LogP) is 1.12. The van der Waals surface area contributed by atoms with E-state index in [0.717, 1.165) is 17.4 Å². The summed E-state index contributed by atoms with van der Waals surface area (Å²) in [6.07, 6.45) is 3.85. The zero-order valence-corrected chi connectivity index (χ0v) is 15.5. The fourth-order valence-corrected chi connectivity index (χ4v) is 3.32. The lowest BCUT2D eigenvalue weighted by Crippen LogP contribution is -2.45. The van der Waals surface area contributed by atoms with Crippen LogP contribution in [-0.4, -0.2) is 49.2 Å². The molecule has 0 saturated carbocycles. The summed E-state index contributed by atoms with van der Waals surface area (Å²) in [4.78, 5) is 30.0. The molecule has 8 nitrogen and oxygen atoms in total. The highest BCUT2D eigenvalue weighted by Gasteiger charge is 2.37. The third-order valence-electron chi connectivity index (χ3n) is 4.17. The largest absolute Gasteiger partial charge is 0.447 e. The lowest BCUT2D eigenvalue weighted by atomic mass is 10.2. The highest BCUT2D eigenvalue weighted by molar-refractivity contribution is 7.90. The number of benzene rings is 1. The molecule has 0 bridgehead atoms. The van der Waals surface area contributed by atoms with E-state index in [1.54, 1.807) is 30.6 Å². The molecule has 0 radical (unpaired) electrons. The van der Waals surface area contributed by atoms with E-state index in [-0.39, 0.29) is 30.5 Å². The van der Waals surface area contributed by atoms with Gasteiger partial charge in [0.25, 0.3) is 0 Å². The third-order valence-corrected chi connectivity index (χ3v) is 5.30. The number of amides is 2. The van der Waals surface area contributed by atoms with Crippen LogP contribution in [-0.2, 0) is 32.5 Å². The molecule has 0 unspecified atom stereocenters. The number of carbonyl (C=O) groups is 2. The SMILES string of the molecule is CS(=O)(=O)c1ccc(CNC(=O)[C@@H]2COC(=O)N2Cc2cccnc2)cc1. The smallest absolute Gasteiger partial charge is 0.410 e. The van der Waals surface area contributed by atoms with Crippen LogP contribution in [0, 0.1) is 0 Å². The standard InChI is InChI=1S/C18H19N3O5S/c1-27(24,25)15-6-4-13(5-7-15)10-20-17(22)16-12-26-18(23)21(16)11-14-3-2-8-19-9-14/h2-9,16H,10-12H2,1H3,(H,20,22)/t16-/m0/s1. The molecular formula is C18H19N3O5S. The molecule has 142 valence electrons. The molecule has 0 spiro atoms. The summed E-state index contributed by atoms with van der Waals surface area (Å²) in [5.74, 6) is -0.336. The van der Waals surface area contributed by atoms with Crippen molar-refractivity contribution in [3.8, 4) is 0 Å². The van der Waals surface area contributed by atoms with Gasteiger partial charge in [0.15, 0.2) is 9.84 Å². The lowest BCUT2D eigenvalue weighted by molar-refractivity contribution is -0.125. The maximum absolute atomic E-state index is 12.5. The minimum Gasteiger partial charge on any atom is -0.447 e. The number of rotatable bonds is 6. The molecule has 1 aliphatic rings. The number of aromatic nitrogens is 1. The minimum atomic E-state index is -3.26. The maximum atomic E-state index is 12.5. The van der Waals surface area contributed by atoms with Crippen molar-refractivity contribution in [1.82, 2.24) is 15.2 Å². The van der Waals surface area contributed by atoms with Gasteiger partial charge >= 0.3 is 6.09 Å². The Morgan fingerprint density at radius 1 is 1.26 bits per heavy atom. The van der Waals surface area contributed by atoms with E-state index in [1.165, 1.54) is 17.0 Å². The Labute approximate surface area is 157 Å². The van der Waals surface area contributed by atoms with Crippen LogP contribution < -0.4 is 5.32 Å². The van der Waals surface area contributed by atoms with E-state index in [4.69, 9.17) is 4.74 Å². The maximum Gasteiger partial charge on any atom is 0.410 e. The van der Waals surface area contributed by atoms with Crippen LogP contribution in [0.1, 0.15) is 11.1 Å². The first-order chi connectivity index (χ1) is 12.8. The molecule has 1 N–H and O–H groups in total. The number of ether oxygens (including phenoxy) is 1. The Morgan fingerprint density at radius 2 is 2.00 bits per heavy atom. The van der Waals surface area contributed by atoms with Crippen LogP contribution in [0.5, 0.6) is 0 Å². The van der Waals surface area contributed by atoms with Gasteiger partial charge in [-0.25, -0.2) is 13.2 Å². The molecule has 9 heteroatoms. The van der Waals surface area contributed by atoms with Crippen LogP contribution in [0.3, 0.4) is 0 Å². The van der Waals surface area contributed by atoms with Gasteiger partial charge in [-0.2, -0.15) is 0 Å². The number of cyclic esters (lactones) is 1. The van der Waals surface area contributed by atoms with E-state index in [1.807, 2.05) is 6.07 Å². The quantitative estimate of drug-likeness (QED) is 0.794. The average Bonchev–Trinajstić information content (AvgIpc) is 3.01. The van der Waals surface area contributed by atoms with E-state index in [0.29, 0.717) is 0 Å². The van der Waals surface area contributed by atoms with Gasteiger partial charge in [0.2, 0.25) is 5.91 Å². The molecule has 1 atom stereocenters. The number of nitrogens with zero attached hydrogens (tertiary/aromatic N) is 2. The highest BCUT2D eigenvalue weighted by Crippen LogP contribution is 2.17. The predicted molar refractivity (Wildman–Crippen MR) is 96.3 cm³/mol. The molecule has 1 aromatic carbocycles. The monoisotopic (exact) mass is 389 g/mol. The Bertz CT molecular complexity index is 929. The zero-order valence-electron chi connectivity index (χ0n) is 14.7. The van der Waals surface area contributed by atoms with Crippen molar-refractivity contribution in [2.24, 2.45) is 0 Å². The first-order valence-corrected chi connectivity index (χ1v) is 10.1. The molecular weight excluding hydrogens is 370 g/mol. The second kappa shape index (κ2) is 7.75. The summed E-state index contributed by atoms with van der Waals surface area (Å²) in [6, 6.07) is 9.11. The van der Waals surface area contributed by atoms with Crippen molar-refractivity contribution in [3.63, 3.8) is 0 Å². The van der Waals surface area contributed by atoms with Crippen molar-refractivity contribution in [1.29, 1.82) is 0 Å². The van der Waals surface area contributed by atoms with Gasteiger partial charge in [0.05, 0.1) is 11.4 Å². The summed E-state index contributed by atoms with van der Waals surface area (Å²) in [5.41, 5.74) is 1.55. The molecule has 27 heavy (non-hydrogen) atoms. The summed E-state index contributed by atoms with van der Waals surface area (Å²) in [6.45, 7) is 0.431. The van der Waals surface area contributed by atoms with Crippen molar-refractivity contribution >= 4 is 21.8 Å². The Balaban J connectivity index is 1.62. The average molecular weight is 389 g/mol. The highest BCUT2D eigenvalue weighted by atomic mass is 32.2. The number of hydrogen-bond acceptors (Lipinski definition) is 6. The van der Waals surface area contributed by atoms with Crippen molar-refractivity contribution in [2.75, 3.05) is 12.9 Å². The van der Waals surface area contributed by atoms with E-state index in [2.05, 4.69) is 10.3 Å². The fraction of sp³-hybridized carbons (Fsp3) is 0.278. The van der Waals surface area contributed by atoms with E-state index >= 15 is 0 Å². The number of carbonyl (C=O) groups excluding carboxylic acids is 2. The molecule has 1 fully saturated rings. The molecule has 1 aliphatic heterocycles. The van der Waals surface area contributed by atoms with Crippen molar-refractivity contribution in [3.05, 3.63) is 59.9 Å². The molecule has 1 aromatic heterocycles. The van der Waals surface area contributed by atoms with Crippen LogP contribution in [0.15, 0.2) is 53.7 Å². The molecule has 1 saturated heterocycles. The van der Waals surface area contributed by atoms with E-state index < -0.39 is 22.0 Å². The third kappa shape index (κ3) is 4.62. The summed E-state index contributed by atoms with van der Waals surface area (Å²) in [5, 5.41) is 2.76. The van der Waals surface area contributed by atoms with Gasteiger partial charge in [0.1, 0.15) is 12.6 Å². The van der Waals surface area contributed by atoms with Crippen molar-refractivity contribution in [2.45, 2.75) is 24.0 Å². The summed E-state index contributed by atoms with van der Waals surface area (Å²) >= 11 is 0. The molecule has 3 rings (SSSR count). The second-order valence-electron chi connectivity index (χ2n) is 6.22. The molecule has 2 amide bonds. The van der Waals surface area contributed by atoms with E-state index in [9.17, 15) is 18.0 Å². The Kier molecular flexibility index (Phi) is 5.41. The lowest BCUT2D eigenvalue weighted by Gasteiger charge is -2.20. The van der Waals surface area contributed by atoms with Crippen LogP contribution in [0.25, 0.3) is 0 Å². The topological polar surface area (TPSA) is 106 Å². The Morgan fingerprint density at radius 3 is 2.63 bits per heavy atom. The summed E-state index contributed by atoms with van der Waals surface area (Å²) < 4.78 is 28.0. The van der Waals surface area contributed by atoms with Gasteiger partial charge in [0, 0.05) is 25.2 Å². The van der Waals surface area contributed by atoms with Gasteiger partial charge in [-0.15, -0.1) is 0 Å². The molecule has 0 aliphatic carbocycles. The van der Waals surface area contributed by atoms with Gasteiger partial charge < -0.3 is 10.1 Å². The number of sulfone groups is 1. The molecule has 2 aromatic rings. The molecule has 2 heterocycles. The normalized spacial score (nSPS) is 16.9. The zero-order chi connectivity index (χ0) is 19.4. The van der Waals surface area contributed by atoms with Gasteiger partial charge in [-0.1, -0.05) is 18.2 Å².